The highest BCUT2D eigenvalue weighted by atomic mass is 35.5. The quantitative estimate of drug-likeness (QED) is 0.244. The zero-order chi connectivity index (χ0) is 25.3. The summed E-state index contributed by atoms with van der Waals surface area (Å²) in [5.74, 6) is -0.500. The van der Waals surface area contributed by atoms with Crippen molar-refractivity contribution >= 4 is 41.2 Å². The van der Waals surface area contributed by atoms with Gasteiger partial charge in [-0.1, -0.05) is 41.9 Å². The van der Waals surface area contributed by atoms with Crippen LogP contribution >= 0.6 is 11.6 Å². The fraction of sp³-hybridized carbons (Fsp3) is 0.120. The van der Waals surface area contributed by atoms with Crippen molar-refractivity contribution in [3.05, 3.63) is 82.9 Å². The first-order chi connectivity index (χ1) is 17.5. The molecule has 1 heterocycles. The Morgan fingerprint density at radius 1 is 0.972 bits per heavy atom. The Bertz CT molecular complexity index is 1310. The first-order valence-electron chi connectivity index (χ1n) is 10.7. The van der Waals surface area contributed by atoms with Gasteiger partial charge < -0.3 is 24.8 Å². The number of ether oxygens (including phenoxy) is 3. The minimum absolute atomic E-state index is 0.135. The van der Waals surface area contributed by atoms with Crippen molar-refractivity contribution < 1.29 is 28.6 Å². The molecule has 0 saturated carbocycles. The van der Waals surface area contributed by atoms with E-state index in [0.29, 0.717) is 33.5 Å². The maximum Gasteiger partial charge on any atom is 0.329 e. The van der Waals surface area contributed by atoms with Gasteiger partial charge in [-0.15, -0.1) is 0 Å². The highest BCUT2D eigenvalue weighted by Gasteiger charge is 2.15. The lowest BCUT2D eigenvalue weighted by atomic mass is 10.2. The Balaban J connectivity index is 1.22. The number of hydrogen-bond donors (Lipinski definition) is 3. The predicted octanol–water partition coefficient (Wildman–Crippen LogP) is 2.85. The van der Waals surface area contributed by atoms with Gasteiger partial charge >= 0.3 is 11.8 Å². The van der Waals surface area contributed by atoms with E-state index in [1.165, 1.54) is 6.21 Å². The van der Waals surface area contributed by atoms with Gasteiger partial charge in [-0.05, 0) is 47.5 Å². The smallest absolute Gasteiger partial charge is 0.329 e. The Morgan fingerprint density at radius 3 is 2.67 bits per heavy atom. The van der Waals surface area contributed by atoms with Crippen molar-refractivity contribution in [2.75, 3.05) is 18.7 Å². The van der Waals surface area contributed by atoms with E-state index in [4.69, 9.17) is 25.8 Å². The summed E-state index contributed by atoms with van der Waals surface area (Å²) in [6, 6.07) is 18.8. The van der Waals surface area contributed by atoms with Crippen molar-refractivity contribution in [1.82, 2.24) is 10.7 Å². The molecule has 1 aliphatic heterocycles. The normalized spacial score (nSPS) is 11.7. The molecule has 3 aromatic carbocycles. The van der Waals surface area contributed by atoms with Crippen LogP contribution in [0.25, 0.3) is 0 Å². The van der Waals surface area contributed by atoms with Crippen LogP contribution in [0.2, 0.25) is 5.02 Å². The van der Waals surface area contributed by atoms with Crippen LogP contribution in [0.1, 0.15) is 11.1 Å². The van der Waals surface area contributed by atoms with E-state index in [-0.39, 0.29) is 25.9 Å². The topological polar surface area (TPSA) is 127 Å². The van der Waals surface area contributed by atoms with Crippen LogP contribution in [0.5, 0.6) is 17.2 Å². The fourth-order valence-corrected chi connectivity index (χ4v) is 3.30. The molecular weight excluding hydrogens is 488 g/mol. The molecule has 0 unspecified atom stereocenters. The van der Waals surface area contributed by atoms with Gasteiger partial charge in [0.1, 0.15) is 5.75 Å². The van der Waals surface area contributed by atoms with Gasteiger partial charge in [-0.3, -0.25) is 14.4 Å². The SMILES string of the molecule is O=C(COc1cccc(/C=N\NC(=O)C(=O)NCc2ccc3c(c2)OCO3)c1)Nc1ccccc1Cl. The highest BCUT2D eigenvalue weighted by molar-refractivity contribution is 6.35. The molecule has 11 heteroatoms. The summed E-state index contributed by atoms with van der Waals surface area (Å²) in [5, 5.41) is 9.39. The number of nitrogens with zero attached hydrogens (tertiary/aromatic N) is 1. The third-order valence-corrected chi connectivity index (χ3v) is 5.18. The molecule has 3 N–H and O–H groups in total. The lowest BCUT2D eigenvalue weighted by Gasteiger charge is -2.09. The maximum atomic E-state index is 12.1. The second-order valence-corrected chi connectivity index (χ2v) is 7.87. The fourth-order valence-electron chi connectivity index (χ4n) is 3.11. The second kappa shape index (κ2) is 11.7. The molecule has 0 fully saturated rings. The van der Waals surface area contributed by atoms with Gasteiger partial charge in [0, 0.05) is 6.54 Å². The highest BCUT2D eigenvalue weighted by Crippen LogP contribution is 2.32. The molecule has 0 saturated heterocycles. The summed E-state index contributed by atoms with van der Waals surface area (Å²) < 4.78 is 16.0. The number of carbonyl (C=O) groups is 3. The van der Waals surface area contributed by atoms with E-state index in [1.54, 1.807) is 66.7 Å². The molecule has 4 rings (SSSR count). The van der Waals surface area contributed by atoms with Gasteiger partial charge in [0.2, 0.25) is 6.79 Å². The van der Waals surface area contributed by atoms with E-state index < -0.39 is 11.8 Å². The van der Waals surface area contributed by atoms with Crippen LogP contribution in [0.15, 0.2) is 71.8 Å². The van der Waals surface area contributed by atoms with Gasteiger partial charge in [0.05, 0.1) is 16.9 Å². The molecule has 0 atom stereocenters. The van der Waals surface area contributed by atoms with E-state index in [1.807, 2.05) is 0 Å². The van der Waals surface area contributed by atoms with Gasteiger partial charge in [-0.2, -0.15) is 5.10 Å². The first-order valence-corrected chi connectivity index (χ1v) is 11.1. The second-order valence-electron chi connectivity index (χ2n) is 7.46. The summed E-state index contributed by atoms with van der Waals surface area (Å²) in [7, 11) is 0. The molecule has 0 spiro atoms. The predicted molar refractivity (Wildman–Crippen MR) is 132 cm³/mol. The van der Waals surface area contributed by atoms with E-state index >= 15 is 0 Å². The van der Waals surface area contributed by atoms with E-state index in [0.717, 1.165) is 5.56 Å². The van der Waals surface area contributed by atoms with E-state index in [9.17, 15) is 14.4 Å². The molecule has 10 nitrogen and oxygen atoms in total. The van der Waals surface area contributed by atoms with Crippen LogP contribution in [0.4, 0.5) is 5.69 Å². The van der Waals surface area contributed by atoms with Crippen LogP contribution in [-0.4, -0.2) is 37.3 Å². The Hall–Kier alpha value is -4.57. The zero-order valence-corrected chi connectivity index (χ0v) is 19.6. The average Bonchev–Trinajstić information content (AvgIpc) is 3.35. The number of benzene rings is 3. The number of rotatable bonds is 8. The van der Waals surface area contributed by atoms with Crippen LogP contribution in [0.3, 0.4) is 0 Å². The Labute approximate surface area is 211 Å². The molecule has 0 aromatic heterocycles. The van der Waals surface area contributed by atoms with Crippen molar-refractivity contribution in [2.24, 2.45) is 5.10 Å². The molecule has 0 radical (unpaired) electrons. The molecule has 0 aliphatic carbocycles. The third-order valence-electron chi connectivity index (χ3n) is 4.85. The lowest BCUT2D eigenvalue weighted by Crippen LogP contribution is -2.37. The number of hydrogen-bond acceptors (Lipinski definition) is 7. The molecule has 1 aliphatic rings. The Kier molecular flexibility index (Phi) is 7.99. The third kappa shape index (κ3) is 6.73. The summed E-state index contributed by atoms with van der Waals surface area (Å²) in [6.45, 7) is 0.0572. The van der Waals surface area contributed by atoms with Gasteiger partial charge in [0.25, 0.3) is 5.91 Å². The van der Waals surface area contributed by atoms with Crippen LogP contribution in [-0.2, 0) is 20.9 Å². The molecule has 0 bridgehead atoms. The van der Waals surface area contributed by atoms with Crippen molar-refractivity contribution in [3.8, 4) is 17.2 Å². The summed E-state index contributed by atoms with van der Waals surface area (Å²) in [4.78, 5) is 36.1. The lowest BCUT2D eigenvalue weighted by molar-refractivity contribution is -0.139. The van der Waals surface area contributed by atoms with E-state index in [2.05, 4.69) is 21.2 Å². The molecular formula is C25H21ClN4O6. The number of nitrogens with one attached hydrogen (secondary N) is 3. The Morgan fingerprint density at radius 2 is 1.81 bits per heavy atom. The minimum Gasteiger partial charge on any atom is -0.484 e. The molecule has 36 heavy (non-hydrogen) atoms. The number of hydrazone groups is 1. The standard InChI is InChI=1S/C25H21ClN4O6/c26-19-6-1-2-7-20(19)29-23(31)14-34-18-5-3-4-16(10-18)13-28-30-25(33)24(32)27-12-17-8-9-21-22(11-17)36-15-35-21/h1-11,13H,12,14-15H2,(H,27,32)(H,29,31)(H,30,33)/b28-13-. The summed E-state index contributed by atoms with van der Waals surface area (Å²) in [5.41, 5.74) is 3.99. The maximum absolute atomic E-state index is 12.1. The van der Waals surface area contributed by atoms with Crippen molar-refractivity contribution in [1.29, 1.82) is 0 Å². The monoisotopic (exact) mass is 508 g/mol. The van der Waals surface area contributed by atoms with Crippen LogP contribution < -0.4 is 30.3 Å². The number of amides is 3. The molecule has 3 aromatic rings. The summed E-state index contributed by atoms with van der Waals surface area (Å²) >= 11 is 6.03. The number of fused-ring (bicyclic) bond motifs is 1. The van der Waals surface area contributed by atoms with Crippen molar-refractivity contribution in [2.45, 2.75) is 6.54 Å². The largest absolute Gasteiger partial charge is 0.484 e. The molecule has 184 valence electrons. The zero-order valence-electron chi connectivity index (χ0n) is 18.8. The van der Waals surface area contributed by atoms with Crippen molar-refractivity contribution in [3.63, 3.8) is 0 Å². The number of para-hydroxylation sites is 1. The number of anilines is 1. The average molecular weight is 509 g/mol. The first kappa shape index (κ1) is 24.6. The summed E-state index contributed by atoms with van der Waals surface area (Å²) in [6.07, 6.45) is 1.35. The number of halogens is 1. The minimum atomic E-state index is -0.921. The van der Waals surface area contributed by atoms with Gasteiger partial charge in [0.15, 0.2) is 18.1 Å². The number of carbonyl (C=O) groups excluding carboxylic acids is 3. The molecule has 3 amide bonds. The van der Waals surface area contributed by atoms with Gasteiger partial charge in [-0.25, -0.2) is 5.43 Å². The van der Waals surface area contributed by atoms with Crippen LogP contribution in [0, 0.1) is 0 Å².